The number of amides is 2. The summed E-state index contributed by atoms with van der Waals surface area (Å²) < 4.78 is 39.9. The second kappa shape index (κ2) is 7.75. The number of nitrogens with one attached hydrogen (secondary N) is 2. The van der Waals surface area contributed by atoms with Gasteiger partial charge in [0.05, 0.1) is 6.54 Å². The van der Waals surface area contributed by atoms with Crippen LogP contribution in [0.5, 0.6) is 5.75 Å². The van der Waals surface area contributed by atoms with E-state index in [1.165, 1.54) is 18.3 Å². The van der Waals surface area contributed by atoms with Gasteiger partial charge < -0.3 is 20.5 Å². The van der Waals surface area contributed by atoms with Crippen molar-refractivity contribution >= 4 is 28.8 Å². The maximum atomic E-state index is 12.1. The molecule has 3 N–H and O–H groups in total. The number of anilines is 1. The first kappa shape index (κ1) is 19.7. The number of aliphatic hydroxyl groups is 1. The van der Waals surface area contributed by atoms with Gasteiger partial charge >= 0.3 is 18.2 Å². The van der Waals surface area contributed by atoms with Crippen LogP contribution in [-0.4, -0.2) is 29.8 Å². The first-order chi connectivity index (χ1) is 12.1. The Balaban J connectivity index is 1.88. The summed E-state index contributed by atoms with van der Waals surface area (Å²) in [5.41, 5.74) is -1.22. The molecule has 0 radical (unpaired) electrons. The van der Waals surface area contributed by atoms with E-state index in [0.717, 1.165) is 24.3 Å². The third kappa shape index (κ3) is 5.74. The summed E-state index contributed by atoms with van der Waals surface area (Å²) >= 11 is 1.30. The van der Waals surface area contributed by atoms with E-state index in [1.54, 1.807) is 17.5 Å². The highest BCUT2D eigenvalue weighted by Crippen LogP contribution is 2.25. The molecule has 2 amide bonds. The highest BCUT2D eigenvalue weighted by atomic mass is 32.1. The predicted octanol–water partition coefficient (Wildman–Crippen LogP) is 2.61. The third-order valence-electron chi connectivity index (χ3n) is 3.20. The number of alkyl halides is 3. The fourth-order valence-electron chi connectivity index (χ4n) is 1.93. The van der Waals surface area contributed by atoms with Gasteiger partial charge in [0.2, 0.25) is 0 Å². The second-order valence-electron chi connectivity index (χ2n) is 5.46. The Morgan fingerprint density at radius 1 is 1.15 bits per heavy atom. The summed E-state index contributed by atoms with van der Waals surface area (Å²) in [6, 6.07) is 7.77. The van der Waals surface area contributed by atoms with Crippen LogP contribution in [0.3, 0.4) is 0 Å². The molecule has 0 unspecified atom stereocenters. The van der Waals surface area contributed by atoms with Gasteiger partial charge in [-0.25, -0.2) is 0 Å². The van der Waals surface area contributed by atoms with Crippen molar-refractivity contribution in [2.75, 3.05) is 11.9 Å². The average molecular weight is 388 g/mol. The van der Waals surface area contributed by atoms with Crippen LogP contribution in [0.4, 0.5) is 18.9 Å². The van der Waals surface area contributed by atoms with Gasteiger partial charge in [0.25, 0.3) is 0 Å². The second-order valence-corrected chi connectivity index (χ2v) is 6.41. The molecule has 10 heteroatoms. The van der Waals surface area contributed by atoms with Crippen LogP contribution < -0.4 is 15.4 Å². The van der Waals surface area contributed by atoms with E-state index in [0.29, 0.717) is 4.88 Å². The largest absolute Gasteiger partial charge is 0.573 e. The van der Waals surface area contributed by atoms with E-state index in [9.17, 15) is 27.9 Å². The van der Waals surface area contributed by atoms with Crippen LogP contribution in [0, 0.1) is 0 Å². The standard InChI is InChI=1S/C16H15F3N2O4S/c1-15(24,12-3-2-8-26-12)9-20-13(22)14(23)21-10-4-6-11(7-5-10)25-16(17,18)19/h2-8,24H,9H2,1H3,(H,20,22)(H,21,23)/t15-/m0/s1. The van der Waals surface area contributed by atoms with Gasteiger partial charge in [-0.3, -0.25) is 9.59 Å². The number of benzene rings is 1. The van der Waals surface area contributed by atoms with Gasteiger partial charge in [-0.1, -0.05) is 6.07 Å². The first-order valence-corrected chi connectivity index (χ1v) is 8.16. The molecule has 6 nitrogen and oxygen atoms in total. The van der Waals surface area contributed by atoms with Gasteiger partial charge in [-0.2, -0.15) is 0 Å². The summed E-state index contributed by atoms with van der Waals surface area (Å²) in [4.78, 5) is 24.3. The van der Waals surface area contributed by atoms with Crippen LogP contribution in [0.25, 0.3) is 0 Å². The fraction of sp³-hybridized carbons (Fsp3) is 0.250. The molecule has 0 bridgehead atoms. The zero-order valence-electron chi connectivity index (χ0n) is 13.5. The quantitative estimate of drug-likeness (QED) is 0.687. The minimum atomic E-state index is -4.82. The van der Waals surface area contributed by atoms with Gasteiger partial charge in [-0.05, 0) is 42.6 Å². The molecule has 0 spiro atoms. The van der Waals surface area contributed by atoms with Crippen LogP contribution in [0.15, 0.2) is 41.8 Å². The van der Waals surface area contributed by atoms with E-state index in [2.05, 4.69) is 15.4 Å². The van der Waals surface area contributed by atoms with Gasteiger partial charge in [0.15, 0.2) is 0 Å². The number of hydrogen-bond donors (Lipinski definition) is 3. The van der Waals surface area contributed by atoms with Crippen molar-refractivity contribution in [2.24, 2.45) is 0 Å². The molecule has 0 fully saturated rings. The molecule has 0 aliphatic heterocycles. The van der Waals surface area contributed by atoms with Crippen LogP contribution >= 0.6 is 11.3 Å². The number of halogens is 3. The molecule has 2 rings (SSSR count). The molecule has 2 aromatic rings. The molecular formula is C16H15F3N2O4S. The normalized spacial score (nSPS) is 13.6. The molecule has 140 valence electrons. The lowest BCUT2D eigenvalue weighted by atomic mass is 10.1. The minimum absolute atomic E-state index is 0.115. The minimum Gasteiger partial charge on any atom is -0.406 e. The molecule has 0 saturated carbocycles. The zero-order chi connectivity index (χ0) is 19.4. The maximum absolute atomic E-state index is 12.1. The summed E-state index contributed by atoms with van der Waals surface area (Å²) in [5, 5.41) is 16.6. The summed E-state index contributed by atoms with van der Waals surface area (Å²) in [6.45, 7) is 1.31. The van der Waals surface area contributed by atoms with Crippen molar-refractivity contribution in [2.45, 2.75) is 18.9 Å². The smallest absolute Gasteiger partial charge is 0.406 e. The molecule has 1 aromatic heterocycles. The van der Waals surface area contributed by atoms with Crippen molar-refractivity contribution in [3.8, 4) is 5.75 Å². The van der Waals surface area contributed by atoms with E-state index in [4.69, 9.17) is 0 Å². The lowest BCUT2D eigenvalue weighted by Crippen LogP contribution is -2.42. The predicted molar refractivity (Wildman–Crippen MR) is 88.7 cm³/mol. The number of thiophene rings is 1. The highest BCUT2D eigenvalue weighted by Gasteiger charge is 2.31. The summed E-state index contributed by atoms with van der Waals surface area (Å²) in [6.07, 6.45) is -4.82. The fourth-order valence-corrected chi connectivity index (χ4v) is 2.72. The van der Waals surface area contributed by atoms with Crippen molar-refractivity contribution in [3.63, 3.8) is 0 Å². The molecule has 0 saturated heterocycles. The number of rotatable bonds is 5. The van der Waals surface area contributed by atoms with Crippen molar-refractivity contribution in [3.05, 3.63) is 46.7 Å². The van der Waals surface area contributed by atoms with E-state index < -0.39 is 29.5 Å². The Labute approximate surface area is 150 Å². The molecule has 26 heavy (non-hydrogen) atoms. The number of hydrogen-bond acceptors (Lipinski definition) is 5. The van der Waals surface area contributed by atoms with Gasteiger partial charge in [0.1, 0.15) is 11.4 Å². The monoisotopic (exact) mass is 388 g/mol. The SMILES string of the molecule is C[C@](O)(CNC(=O)C(=O)Nc1ccc(OC(F)(F)F)cc1)c1cccs1. The Kier molecular flexibility index (Phi) is 5.88. The summed E-state index contributed by atoms with van der Waals surface area (Å²) in [5.74, 6) is -2.46. The summed E-state index contributed by atoms with van der Waals surface area (Å²) in [7, 11) is 0. The number of carbonyl (C=O) groups excluding carboxylic acids is 2. The Hall–Kier alpha value is -2.59. The zero-order valence-corrected chi connectivity index (χ0v) is 14.3. The lowest BCUT2D eigenvalue weighted by molar-refractivity contribution is -0.274. The maximum Gasteiger partial charge on any atom is 0.573 e. The van der Waals surface area contributed by atoms with Gasteiger partial charge in [0, 0.05) is 10.6 Å². The number of carbonyl (C=O) groups is 2. The highest BCUT2D eigenvalue weighted by molar-refractivity contribution is 7.10. The molecule has 1 atom stereocenters. The van der Waals surface area contributed by atoms with E-state index in [1.807, 2.05) is 0 Å². The van der Waals surface area contributed by atoms with Crippen molar-refractivity contribution in [1.29, 1.82) is 0 Å². The van der Waals surface area contributed by atoms with Crippen LogP contribution in [-0.2, 0) is 15.2 Å². The Morgan fingerprint density at radius 2 is 1.81 bits per heavy atom. The molecular weight excluding hydrogens is 373 g/mol. The topological polar surface area (TPSA) is 87.7 Å². The average Bonchev–Trinajstić information content (AvgIpc) is 3.08. The lowest BCUT2D eigenvalue weighted by Gasteiger charge is -2.22. The van der Waals surface area contributed by atoms with E-state index >= 15 is 0 Å². The first-order valence-electron chi connectivity index (χ1n) is 7.28. The van der Waals surface area contributed by atoms with Gasteiger partial charge in [-0.15, -0.1) is 24.5 Å². The molecule has 0 aliphatic rings. The Morgan fingerprint density at radius 3 is 2.35 bits per heavy atom. The van der Waals surface area contributed by atoms with Crippen molar-refractivity contribution in [1.82, 2.24) is 5.32 Å². The molecule has 0 aliphatic carbocycles. The molecule has 1 heterocycles. The van der Waals surface area contributed by atoms with E-state index in [-0.39, 0.29) is 12.2 Å². The van der Waals surface area contributed by atoms with Crippen LogP contribution in [0.2, 0.25) is 0 Å². The molecule has 1 aromatic carbocycles. The van der Waals surface area contributed by atoms with Crippen molar-refractivity contribution < 1.29 is 32.6 Å². The number of ether oxygens (including phenoxy) is 1. The third-order valence-corrected chi connectivity index (χ3v) is 4.32. The van der Waals surface area contributed by atoms with Crippen LogP contribution in [0.1, 0.15) is 11.8 Å². The Bertz CT molecular complexity index is 759.